The number of amides is 2. The summed E-state index contributed by atoms with van der Waals surface area (Å²) in [5.41, 5.74) is 11.3. The number of nitrogen functional groups attached to an aromatic ring is 1. The Morgan fingerprint density at radius 3 is 2.75 bits per heavy atom. The molecule has 2 heterocycles. The van der Waals surface area contributed by atoms with Crippen LogP contribution in [-0.4, -0.2) is 29.4 Å². The molecule has 2 amide bonds. The van der Waals surface area contributed by atoms with Gasteiger partial charge in [0.2, 0.25) is 0 Å². The van der Waals surface area contributed by atoms with Crippen molar-refractivity contribution in [1.29, 1.82) is 0 Å². The Morgan fingerprint density at radius 1 is 1.19 bits per heavy atom. The monoisotopic (exact) mass is 430 g/mol. The maximum Gasteiger partial charge on any atom is 0.255 e. The van der Waals surface area contributed by atoms with Crippen LogP contribution in [0.3, 0.4) is 0 Å². The maximum absolute atomic E-state index is 14.7. The van der Waals surface area contributed by atoms with E-state index >= 15 is 0 Å². The highest BCUT2D eigenvalue weighted by molar-refractivity contribution is 6.01. The lowest BCUT2D eigenvalue weighted by Gasteiger charge is -2.18. The van der Waals surface area contributed by atoms with E-state index in [-0.39, 0.29) is 17.9 Å². The van der Waals surface area contributed by atoms with Crippen molar-refractivity contribution in [3.8, 4) is 22.4 Å². The first-order chi connectivity index (χ1) is 15.4. The quantitative estimate of drug-likeness (QED) is 0.589. The van der Waals surface area contributed by atoms with Crippen LogP contribution in [0.4, 0.5) is 10.1 Å². The summed E-state index contributed by atoms with van der Waals surface area (Å²) in [5, 5.41) is 5.69. The second kappa shape index (κ2) is 7.75. The molecule has 5 rings (SSSR count). The third-order valence-electron chi connectivity index (χ3n) is 5.99. The van der Waals surface area contributed by atoms with Crippen LogP contribution in [0.5, 0.6) is 0 Å². The molecule has 0 atom stereocenters. The van der Waals surface area contributed by atoms with Crippen molar-refractivity contribution in [2.45, 2.75) is 32.2 Å². The van der Waals surface area contributed by atoms with Crippen LogP contribution in [0.25, 0.3) is 22.4 Å². The molecule has 4 N–H and O–H groups in total. The van der Waals surface area contributed by atoms with E-state index in [2.05, 4.69) is 15.6 Å². The van der Waals surface area contributed by atoms with Crippen LogP contribution < -0.4 is 16.4 Å². The smallest absolute Gasteiger partial charge is 0.255 e. The second-order valence-corrected chi connectivity index (χ2v) is 8.38. The minimum Gasteiger partial charge on any atom is -0.398 e. The number of nitrogens with one attached hydrogen (secondary N) is 2. The molecule has 1 aromatic heterocycles. The Labute approximate surface area is 185 Å². The van der Waals surface area contributed by atoms with Crippen LogP contribution >= 0.6 is 0 Å². The van der Waals surface area contributed by atoms with E-state index in [0.717, 1.165) is 24.0 Å². The largest absolute Gasteiger partial charge is 0.398 e. The minimum atomic E-state index is -0.420. The molecule has 0 unspecified atom stereocenters. The first kappa shape index (κ1) is 20.2. The molecule has 1 fully saturated rings. The highest BCUT2D eigenvalue weighted by Crippen LogP contribution is 2.32. The van der Waals surface area contributed by atoms with Gasteiger partial charge in [-0.3, -0.25) is 14.6 Å². The van der Waals surface area contributed by atoms with Crippen LogP contribution in [-0.2, 0) is 6.42 Å². The standard InChI is InChI=1S/C25H23FN4O2/c1-13-18(10-16(11-19(13)26)24(31)29-17-5-6-17)14-3-2-4-15(9-14)22-12-20(27)23-21(30-22)7-8-28-25(23)32/h2-4,9-12,17H,5-8H2,1H3,(H2,27,30)(H,28,32)(H,29,31). The Kier molecular flexibility index (Phi) is 4.89. The topological polar surface area (TPSA) is 97.1 Å². The molecular formula is C25H23FN4O2. The summed E-state index contributed by atoms with van der Waals surface area (Å²) < 4.78 is 14.7. The molecule has 2 aromatic carbocycles. The van der Waals surface area contributed by atoms with Crippen molar-refractivity contribution in [2.24, 2.45) is 0 Å². The zero-order chi connectivity index (χ0) is 22.4. The Hall–Kier alpha value is -3.74. The SMILES string of the molecule is Cc1c(F)cc(C(=O)NC2CC2)cc1-c1cccc(-c2cc(N)c3c(n2)CCNC3=O)c1. The third kappa shape index (κ3) is 3.70. The molecule has 32 heavy (non-hydrogen) atoms. The number of carbonyl (C=O) groups is 2. The lowest BCUT2D eigenvalue weighted by molar-refractivity contribution is 0.0939. The number of anilines is 1. The number of hydrogen-bond acceptors (Lipinski definition) is 4. The van der Waals surface area contributed by atoms with Gasteiger partial charge >= 0.3 is 0 Å². The number of nitrogens with zero attached hydrogens (tertiary/aromatic N) is 1. The average molecular weight is 430 g/mol. The summed E-state index contributed by atoms with van der Waals surface area (Å²) in [4.78, 5) is 29.3. The fourth-order valence-electron chi connectivity index (χ4n) is 4.05. The molecule has 1 aliphatic carbocycles. The highest BCUT2D eigenvalue weighted by atomic mass is 19.1. The van der Waals surface area contributed by atoms with Gasteiger partial charge in [-0.1, -0.05) is 18.2 Å². The number of hydrogen-bond donors (Lipinski definition) is 3. The summed E-state index contributed by atoms with van der Waals surface area (Å²) in [5.74, 6) is -0.883. The van der Waals surface area contributed by atoms with Gasteiger partial charge in [-0.15, -0.1) is 0 Å². The predicted octanol–water partition coefficient (Wildman–Crippen LogP) is 3.62. The van der Waals surface area contributed by atoms with Gasteiger partial charge in [-0.2, -0.15) is 0 Å². The molecule has 2 aliphatic rings. The number of rotatable bonds is 4. The summed E-state index contributed by atoms with van der Waals surface area (Å²) in [6, 6.07) is 12.5. The van der Waals surface area contributed by atoms with Crippen molar-refractivity contribution < 1.29 is 14.0 Å². The molecule has 0 bridgehead atoms. The van der Waals surface area contributed by atoms with Gasteiger partial charge in [0.1, 0.15) is 5.82 Å². The molecular weight excluding hydrogens is 407 g/mol. The number of carbonyl (C=O) groups excluding carboxylic acids is 2. The van der Waals surface area contributed by atoms with Gasteiger partial charge < -0.3 is 16.4 Å². The Morgan fingerprint density at radius 2 is 1.97 bits per heavy atom. The number of aromatic nitrogens is 1. The van der Waals surface area contributed by atoms with Crippen LogP contribution in [0.1, 0.15) is 44.8 Å². The normalized spacial score (nSPS) is 15.1. The van der Waals surface area contributed by atoms with Gasteiger partial charge in [0.25, 0.3) is 11.8 Å². The average Bonchev–Trinajstić information content (AvgIpc) is 3.59. The van der Waals surface area contributed by atoms with Crippen LogP contribution in [0, 0.1) is 12.7 Å². The van der Waals surface area contributed by atoms with E-state index in [1.807, 2.05) is 24.3 Å². The number of pyridine rings is 1. The molecule has 0 spiro atoms. The minimum absolute atomic E-state index is 0.196. The van der Waals surface area contributed by atoms with Crippen LogP contribution in [0.15, 0.2) is 42.5 Å². The summed E-state index contributed by atoms with van der Waals surface area (Å²) >= 11 is 0. The zero-order valence-corrected chi connectivity index (χ0v) is 17.7. The molecule has 1 aliphatic heterocycles. The predicted molar refractivity (Wildman–Crippen MR) is 121 cm³/mol. The Balaban J connectivity index is 1.55. The van der Waals surface area contributed by atoms with Crippen molar-refractivity contribution in [2.75, 3.05) is 12.3 Å². The molecule has 3 aromatic rings. The van der Waals surface area contributed by atoms with Gasteiger partial charge in [0, 0.05) is 35.8 Å². The van der Waals surface area contributed by atoms with E-state index in [1.165, 1.54) is 6.07 Å². The van der Waals surface area contributed by atoms with E-state index in [9.17, 15) is 14.0 Å². The summed E-state index contributed by atoms with van der Waals surface area (Å²) in [6.45, 7) is 2.23. The highest BCUT2D eigenvalue weighted by Gasteiger charge is 2.25. The maximum atomic E-state index is 14.7. The summed E-state index contributed by atoms with van der Waals surface area (Å²) in [6.07, 6.45) is 2.54. The fourth-order valence-corrected chi connectivity index (χ4v) is 4.05. The van der Waals surface area contributed by atoms with Gasteiger partial charge in [-0.05, 0) is 60.7 Å². The molecule has 1 saturated carbocycles. The third-order valence-corrected chi connectivity index (χ3v) is 5.99. The first-order valence-corrected chi connectivity index (χ1v) is 10.7. The fraction of sp³-hybridized carbons (Fsp3) is 0.240. The zero-order valence-electron chi connectivity index (χ0n) is 17.7. The lowest BCUT2D eigenvalue weighted by atomic mass is 9.94. The number of fused-ring (bicyclic) bond motifs is 1. The molecule has 0 radical (unpaired) electrons. The van der Waals surface area contributed by atoms with E-state index in [4.69, 9.17) is 5.73 Å². The van der Waals surface area contributed by atoms with Gasteiger partial charge in [0.15, 0.2) is 0 Å². The van der Waals surface area contributed by atoms with E-state index in [0.29, 0.717) is 52.3 Å². The van der Waals surface area contributed by atoms with Gasteiger partial charge in [0.05, 0.1) is 17.0 Å². The van der Waals surface area contributed by atoms with Gasteiger partial charge in [-0.25, -0.2) is 4.39 Å². The Bertz CT molecular complexity index is 1270. The lowest BCUT2D eigenvalue weighted by Crippen LogP contribution is -2.33. The van der Waals surface area contributed by atoms with Crippen molar-refractivity contribution in [3.05, 3.63) is 70.7 Å². The first-order valence-electron chi connectivity index (χ1n) is 10.7. The number of halogens is 1. The molecule has 7 heteroatoms. The van der Waals surface area contributed by atoms with E-state index < -0.39 is 5.82 Å². The van der Waals surface area contributed by atoms with Crippen molar-refractivity contribution in [3.63, 3.8) is 0 Å². The van der Waals surface area contributed by atoms with Crippen molar-refractivity contribution >= 4 is 17.5 Å². The van der Waals surface area contributed by atoms with Crippen LogP contribution in [0.2, 0.25) is 0 Å². The number of benzene rings is 2. The second-order valence-electron chi connectivity index (χ2n) is 8.38. The van der Waals surface area contributed by atoms with Crippen molar-refractivity contribution in [1.82, 2.24) is 15.6 Å². The number of nitrogens with two attached hydrogens (primary N) is 1. The van der Waals surface area contributed by atoms with E-state index in [1.54, 1.807) is 19.1 Å². The summed E-state index contributed by atoms with van der Waals surface area (Å²) in [7, 11) is 0. The molecule has 162 valence electrons. The molecule has 0 saturated heterocycles. The molecule has 6 nitrogen and oxygen atoms in total.